The standard InChI is InChI=1S/C15H18N2O2S/c1-3-4-10-17-14(19)13(11(2)18)20-15(17)16-12-8-6-5-7-9-12/h5-9,19H,3-4,10H2,1-2H3. The number of aromatic hydroxyl groups is 1. The maximum absolute atomic E-state index is 11.6. The Morgan fingerprint density at radius 1 is 1.35 bits per heavy atom. The summed E-state index contributed by atoms with van der Waals surface area (Å²) >= 11 is 1.24. The number of unbranched alkanes of at least 4 members (excludes halogenated alkanes) is 1. The first-order chi connectivity index (χ1) is 9.63. The summed E-state index contributed by atoms with van der Waals surface area (Å²) in [6, 6.07) is 9.54. The Morgan fingerprint density at radius 2 is 2.05 bits per heavy atom. The number of benzene rings is 1. The zero-order valence-electron chi connectivity index (χ0n) is 11.7. The van der Waals surface area contributed by atoms with Crippen LogP contribution in [0.1, 0.15) is 36.4 Å². The summed E-state index contributed by atoms with van der Waals surface area (Å²) in [6.07, 6.45) is 1.95. The van der Waals surface area contributed by atoms with E-state index in [0.29, 0.717) is 16.2 Å². The van der Waals surface area contributed by atoms with Crippen molar-refractivity contribution in [2.45, 2.75) is 33.2 Å². The molecular weight excluding hydrogens is 272 g/mol. The van der Waals surface area contributed by atoms with Gasteiger partial charge in [-0.25, -0.2) is 4.99 Å². The number of carbonyl (C=O) groups excluding carboxylic acids is 1. The third kappa shape index (κ3) is 3.17. The maximum atomic E-state index is 11.6. The summed E-state index contributed by atoms with van der Waals surface area (Å²) in [5, 5.41) is 10.2. The predicted octanol–water partition coefficient (Wildman–Crippen LogP) is 3.49. The third-order valence-corrected chi connectivity index (χ3v) is 4.09. The summed E-state index contributed by atoms with van der Waals surface area (Å²) < 4.78 is 1.72. The van der Waals surface area contributed by atoms with Gasteiger partial charge < -0.3 is 5.11 Å². The van der Waals surface area contributed by atoms with Crippen molar-refractivity contribution < 1.29 is 9.90 Å². The zero-order chi connectivity index (χ0) is 14.5. The lowest BCUT2D eigenvalue weighted by atomic mass is 10.3. The number of ketones is 1. The van der Waals surface area contributed by atoms with Crippen LogP contribution < -0.4 is 4.80 Å². The van der Waals surface area contributed by atoms with Crippen molar-refractivity contribution in [1.82, 2.24) is 4.57 Å². The molecule has 4 nitrogen and oxygen atoms in total. The SMILES string of the molecule is CCCCn1c(O)c(C(C)=O)sc1=Nc1ccccc1. The van der Waals surface area contributed by atoms with Crippen LogP contribution in [0.25, 0.3) is 0 Å². The summed E-state index contributed by atoms with van der Waals surface area (Å²) in [7, 11) is 0. The molecule has 0 spiro atoms. The van der Waals surface area contributed by atoms with Crippen LogP contribution in [-0.2, 0) is 6.54 Å². The van der Waals surface area contributed by atoms with Crippen LogP contribution in [0.2, 0.25) is 0 Å². The van der Waals surface area contributed by atoms with E-state index in [0.717, 1.165) is 18.5 Å². The molecule has 2 aromatic rings. The fourth-order valence-electron chi connectivity index (χ4n) is 1.85. The Labute approximate surface area is 122 Å². The van der Waals surface area contributed by atoms with Gasteiger partial charge in [0.25, 0.3) is 0 Å². The molecule has 5 heteroatoms. The second-order valence-electron chi connectivity index (χ2n) is 4.55. The van der Waals surface area contributed by atoms with Crippen LogP contribution in [0.5, 0.6) is 5.88 Å². The monoisotopic (exact) mass is 290 g/mol. The van der Waals surface area contributed by atoms with Gasteiger partial charge in [-0.05, 0) is 18.6 Å². The number of para-hydroxylation sites is 1. The molecule has 0 bridgehead atoms. The van der Waals surface area contributed by atoms with Gasteiger partial charge >= 0.3 is 0 Å². The first kappa shape index (κ1) is 14.5. The minimum atomic E-state index is -0.132. The van der Waals surface area contributed by atoms with E-state index in [1.807, 2.05) is 30.3 Å². The lowest BCUT2D eigenvalue weighted by molar-refractivity contribution is 0.101. The second kappa shape index (κ2) is 6.52. The Hall–Kier alpha value is -1.88. The van der Waals surface area contributed by atoms with Gasteiger partial charge in [0, 0.05) is 13.5 Å². The largest absolute Gasteiger partial charge is 0.493 e. The van der Waals surface area contributed by atoms with Crippen molar-refractivity contribution in [3.05, 3.63) is 40.0 Å². The molecule has 0 fully saturated rings. The molecule has 1 aromatic carbocycles. The lowest BCUT2D eigenvalue weighted by Gasteiger charge is -2.03. The highest BCUT2D eigenvalue weighted by Gasteiger charge is 2.15. The van der Waals surface area contributed by atoms with Crippen LogP contribution in [-0.4, -0.2) is 15.5 Å². The Balaban J connectivity index is 2.53. The molecule has 20 heavy (non-hydrogen) atoms. The van der Waals surface area contributed by atoms with Gasteiger partial charge in [-0.2, -0.15) is 0 Å². The first-order valence-corrected chi connectivity index (χ1v) is 7.48. The maximum Gasteiger partial charge on any atom is 0.214 e. The fourth-order valence-corrected chi connectivity index (χ4v) is 2.82. The van der Waals surface area contributed by atoms with Crippen LogP contribution in [0, 0.1) is 0 Å². The molecule has 0 radical (unpaired) electrons. The Morgan fingerprint density at radius 3 is 2.65 bits per heavy atom. The number of carbonyl (C=O) groups is 1. The summed E-state index contributed by atoms with van der Waals surface area (Å²) in [6.45, 7) is 4.21. The van der Waals surface area contributed by atoms with E-state index in [1.54, 1.807) is 4.57 Å². The van der Waals surface area contributed by atoms with Gasteiger partial charge in [-0.3, -0.25) is 9.36 Å². The zero-order valence-corrected chi connectivity index (χ0v) is 12.5. The van der Waals surface area contributed by atoms with Crippen molar-refractivity contribution >= 4 is 22.8 Å². The lowest BCUT2D eigenvalue weighted by Crippen LogP contribution is -2.14. The number of thiazole rings is 1. The summed E-state index contributed by atoms with van der Waals surface area (Å²) in [5.74, 6) is -0.0992. The van der Waals surface area contributed by atoms with E-state index in [-0.39, 0.29) is 11.7 Å². The van der Waals surface area contributed by atoms with E-state index in [4.69, 9.17) is 0 Å². The van der Waals surface area contributed by atoms with Crippen LogP contribution in [0.4, 0.5) is 5.69 Å². The highest BCUT2D eigenvalue weighted by molar-refractivity contribution is 7.11. The predicted molar refractivity (Wildman–Crippen MR) is 80.6 cm³/mol. The van der Waals surface area contributed by atoms with Gasteiger partial charge in [-0.1, -0.05) is 42.9 Å². The van der Waals surface area contributed by atoms with E-state index >= 15 is 0 Å². The Bertz CT molecular complexity index is 656. The quantitative estimate of drug-likeness (QED) is 0.857. The average Bonchev–Trinajstić information content (AvgIpc) is 2.74. The molecule has 0 saturated carbocycles. The molecule has 106 valence electrons. The van der Waals surface area contributed by atoms with E-state index in [9.17, 15) is 9.90 Å². The van der Waals surface area contributed by atoms with Gasteiger partial charge in [0.05, 0.1) is 5.69 Å². The highest BCUT2D eigenvalue weighted by atomic mass is 32.1. The molecule has 0 atom stereocenters. The smallest absolute Gasteiger partial charge is 0.214 e. The van der Waals surface area contributed by atoms with Crippen molar-refractivity contribution in [3.8, 4) is 5.88 Å². The first-order valence-electron chi connectivity index (χ1n) is 6.66. The molecule has 0 saturated heterocycles. The molecule has 0 unspecified atom stereocenters. The molecular formula is C15H18N2O2S. The normalized spacial score (nSPS) is 11.8. The van der Waals surface area contributed by atoms with Crippen LogP contribution in [0.15, 0.2) is 35.3 Å². The molecule has 0 aliphatic carbocycles. The number of Topliss-reactive ketones (excluding diaryl/α,β-unsaturated/α-hetero) is 1. The minimum Gasteiger partial charge on any atom is -0.493 e. The van der Waals surface area contributed by atoms with Crippen molar-refractivity contribution in [2.75, 3.05) is 0 Å². The second-order valence-corrected chi connectivity index (χ2v) is 5.52. The van der Waals surface area contributed by atoms with Crippen molar-refractivity contribution in [1.29, 1.82) is 0 Å². The molecule has 0 amide bonds. The molecule has 1 N–H and O–H groups in total. The molecule has 0 aliphatic rings. The minimum absolute atomic E-state index is 0.0330. The van der Waals surface area contributed by atoms with E-state index in [1.165, 1.54) is 18.3 Å². The summed E-state index contributed by atoms with van der Waals surface area (Å²) in [5.41, 5.74) is 0.814. The topological polar surface area (TPSA) is 54.6 Å². The number of hydrogen-bond donors (Lipinski definition) is 1. The van der Waals surface area contributed by atoms with Crippen LogP contribution >= 0.6 is 11.3 Å². The van der Waals surface area contributed by atoms with Crippen molar-refractivity contribution in [3.63, 3.8) is 0 Å². The van der Waals surface area contributed by atoms with E-state index < -0.39 is 0 Å². The molecule has 1 heterocycles. The molecule has 1 aromatic heterocycles. The molecule has 0 aliphatic heterocycles. The fraction of sp³-hybridized carbons (Fsp3) is 0.333. The average molecular weight is 290 g/mol. The van der Waals surface area contributed by atoms with Crippen LogP contribution in [0.3, 0.4) is 0 Å². The van der Waals surface area contributed by atoms with Gasteiger partial charge in [0.15, 0.2) is 10.6 Å². The van der Waals surface area contributed by atoms with Crippen molar-refractivity contribution in [2.24, 2.45) is 4.99 Å². The van der Waals surface area contributed by atoms with E-state index in [2.05, 4.69) is 11.9 Å². The number of aromatic nitrogens is 1. The van der Waals surface area contributed by atoms with Gasteiger partial charge in [0.1, 0.15) is 4.88 Å². The van der Waals surface area contributed by atoms with Gasteiger partial charge in [-0.15, -0.1) is 0 Å². The third-order valence-electron chi connectivity index (χ3n) is 2.92. The number of nitrogens with zero attached hydrogens (tertiary/aromatic N) is 2. The number of rotatable bonds is 5. The number of hydrogen-bond acceptors (Lipinski definition) is 4. The van der Waals surface area contributed by atoms with Gasteiger partial charge in [0.2, 0.25) is 5.88 Å². The highest BCUT2D eigenvalue weighted by Crippen LogP contribution is 2.22. The summed E-state index contributed by atoms with van der Waals surface area (Å²) in [4.78, 5) is 17.1. The Kier molecular flexibility index (Phi) is 4.74. The molecule has 2 rings (SSSR count).